The maximum absolute atomic E-state index is 4.86. The van der Waals surface area contributed by atoms with Gasteiger partial charge in [-0.1, -0.05) is 18.2 Å². The Morgan fingerprint density at radius 1 is 0.667 bits per heavy atom. The fraction of sp³-hybridized carbons (Fsp3) is 0. The molecule has 6 rings (SSSR count). The number of imidazole rings is 1. The van der Waals surface area contributed by atoms with Gasteiger partial charge in [0.05, 0.1) is 27.9 Å². The molecule has 7 nitrogen and oxygen atoms in total. The molecule has 0 spiro atoms. The van der Waals surface area contributed by atoms with E-state index >= 15 is 0 Å². The van der Waals surface area contributed by atoms with Crippen molar-refractivity contribution in [3.63, 3.8) is 0 Å². The van der Waals surface area contributed by atoms with Crippen LogP contribution in [0.1, 0.15) is 0 Å². The summed E-state index contributed by atoms with van der Waals surface area (Å²) in [4.78, 5) is 21.6. The van der Waals surface area contributed by atoms with Gasteiger partial charge in [-0.05, 0) is 42.5 Å². The van der Waals surface area contributed by atoms with E-state index in [0.717, 1.165) is 44.6 Å². The second-order valence-electron chi connectivity index (χ2n) is 6.90. The Balaban J connectivity index is 1.52. The number of para-hydroxylation sites is 1. The van der Waals surface area contributed by atoms with Crippen LogP contribution in [0.15, 0.2) is 79.3 Å². The predicted octanol–water partition coefficient (Wildman–Crippen LogP) is 4.63. The van der Waals surface area contributed by atoms with Gasteiger partial charge in [-0.25, -0.2) is 9.97 Å². The van der Waals surface area contributed by atoms with Crippen molar-refractivity contribution in [2.24, 2.45) is 0 Å². The Kier molecular flexibility index (Phi) is 3.64. The lowest BCUT2D eigenvalue weighted by Crippen LogP contribution is -1.87. The number of pyridine rings is 3. The Bertz CT molecular complexity index is 1480. The van der Waals surface area contributed by atoms with Crippen LogP contribution in [0.3, 0.4) is 0 Å². The third kappa shape index (κ3) is 2.64. The molecule has 0 radical (unpaired) electrons. The largest absolute Gasteiger partial charge is 0.336 e. The van der Waals surface area contributed by atoms with E-state index in [2.05, 4.69) is 25.1 Å². The zero-order valence-electron chi connectivity index (χ0n) is 15.7. The van der Waals surface area contributed by atoms with Crippen molar-refractivity contribution in [1.82, 2.24) is 35.1 Å². The molecule has 0 aliphatic rings. The summed E-state index contributed by atoms with van der Waals surface area (Å²) in [7, 11) is 0. The zero-order chi connectivity index (χ0) is 19.9. The maximum Gasteiger partial charge on any atom is 0.161 e. The van der Waals surface area contributed by atoms with E-state index in [-0.39, 0.29) is 0 Å². The lowest BCUT2D eigenvalue weighted by atomic mass is 10.1. The van der Waals surface area contributed by atoms with Gasteiger partial charge in [0, 0.05) is 29.7 Å². The molecule has 2 N–H and O–H groups in total. The molecule has 5 aromatic heterocycles. The van der Waals surface area contributed by atoms with E-state index in [0.29, 0.717) is 11.5 Å². The fourth-order valence-corrected chi connectivity index (χ4v) is 3.62. The summed E-state index contributed by atoms with van der Waals surface area (Å²) in [6.07, 6.45) is 5.30. The highest BCUT2D eigenvalue weighted by Crippen LogP contribution is 2.31. The first-order valence-corrected chi connectivity index (χ1v) is 9.53. The fourth-order valence-electron chi connectivity index (χ4n) is 3.62. The van der Waals surface area contributed by atoms with Gasteiger partial charge in [-0.15, -0.1) is 0 Å². The van der Waals surface area contributed by atoms with Crippen LogP contribution in [-0.2, 0) is 0 Å². The molecule has 6 aromatic rings. The van der Waals surface area contributed by atoms with Crippen LogP contribution in [0, 0.1) is 0 Å². The van der Waals surface area contributed by atoms with Gasteiger partial charge in [0.25, 0.3) is 0 Å². The van der Waals surface area contributed by atoms with E-state index in [9.17, 15) is 0 Å². The molecule has 0 amide bonds. The highest BCUT2D eigenvalue weighted by atomic mass is 15.1. The predicted molar refractivity (Wildman–Crippen MR) is 115 cm³/mol. The molecular formula is C23H15N7. The van der Waals surface area contributed by atoms with Gasteiger partial charge in [0.2, 0.25) is 0 Å². The summed E-state index contributed by atoms with van der Waals surface area (Å²) in [5.41, 5.74) is 7.80. The summed E-state index contributed by atoms with van der Waals surface area (Å²) in [6, 6.07) is 19.7. The van der Waals surface area contributed by atoms with Crippen molar-refractivity contribution in [3.8, 4) is 34.0 Å². The zero-order valence-corrected chi connectivity index (χ0v) is 15.7. The second-order valence-corrected chi connectivity index (χ2v) is 6.90. The molecule has 0 saturated carbocycles. The van der Waals surface area contributed by atoms with Gasteiger partial charge in [-0.3, -0.25) is 15.1 Å². The molecule has 0 atom stereocenters. The molecule has 7 heteroatoms. The number of hydrogen-bond acceptors (Lipinski definition) is 5. The molecule has 142 valence electrons. The summed E-state index contributed by atoms with van der Waals surface area (Å²) >= 11 is 0. The van der Waals surface area contributed by atoms with Gasteiger partial charge in [-0.2, -0.15) is 5.10 Å². The smallest absolute Gasteiger partial charge is 0.161 e. The highest BCUT2D eigenvalue weighted by molar-refractivity contribution is 5.95. The molecule has 0 fully saturated rings. The lowest BCUT2D eigenvalue weighted by Gasteiger charge is -2.00. The first-order chi connectivity index (χ1) is 14.9. The number of aromatic amines is 2. The van der Waals surface area contributed by atoms with Crippen molar-refractivity contribution < 1.29 is 0 Å². The molecule has 0 aliphatic heterocycles. The molecule has 0 unspecified atom stereocenters. The molecular weight excluding hydrogens is 374 g/mol. The van der Waals surface area contributed by atoms with Crippen molar-refractivity contribution in [3.05, 3.63) is 79.3 Å². The van der Waals surface area contributed by atoms with Crippen LogP contribution in [-0.4, -0.2) is 35.1 Å². The van der Waals surface area contributed by atoms with Gasteiger partial charge >= 0.3 is 0 Å². The van der Waals surface area contributed by atoms with E-state index in [1.54, 1.807) is 18.6 Å². The normalized spacial score (nSPS) is 11.3. The van der Waals surface area contributed by atoms with E-state index in [4.69, 9.17) is 9.97 Å². The van der Waals surface area contributed by atoms with Crippen molar-refractivity contribution in [1.29, 1.82) is 0 Å². The van der Waals surface area contributed by atoms with Crippen LogP contribution in [0.5, 0.6) is 0 Å². The molecule has 5 heterocycles. The number of fused-ring (bicyclic) bond motifs is 2. The number of aromatic nitrogens is 7. The minimum atomic E-state index is 0.666. The first-order valence-electron chi connectivity index (χ1n) is 9.53. The first kappa shape index (κ1) is 16.6. The Morgan fingerprint density at radius 2 is 1.60 bits per heavy atom. The minimum absolute atomic E-state index is 0.666. The number of nitrogens with zero attached hydrogens (tertiary/aromatic N) is 5. The quantitative estimate of drug-likeness (QED) is 0.460. The summed E-state index contributed by atoms with van der Waals surface area (Å²) in [5, 5.41) is 7.55. The van der Waals surface area contributed by atoms with E-state index < -0.39 is 0 Å². The van der Waals surface area contributed by atoms with E-state index in [1.165, 1.54) is 0 Å². The molecule has 1 aromatic carbocycles. The number of rotatable bonds is 3. The summed E-state index contributed by atoms with van der Waals surface area (Å²) in [5.74, 6) is 0.666. The second kappa shape index (κ2) is 6.59. The highest BCUT2D eigenvalue weighted by Gasteiger charge is 2.17. The van der Waals surface area contributed by atoms with Crippen LogP contribution in [0.4, 0.5) is 0 Å². The summed E-state index contributed by atoms with van der Waals surface area (Å²) < 4.78 is 0. The molecule has 0 saturated heterocycles. The lowest BCUT2D eigenvalue weighted by molar-refractivity contribution is 1.10. The molecule has 0 bridgehead atoms. The standard InChI is InChI=1S/C23H15N7/c1-2-11-25-17(5-1)15-4-3-6-18-20(15)28-23(27-18)22-21-19(29-30-22)8-7-16(26-21)14-9-12-24-13-10-14/h1-13H,(H,27,28)(H,29,30). The van der Waals surface area contributed by atoms with Gasteiger partial charge in [0.1, 0.15) is 5.52 Å². The number of benzene rings is 1. The third-order valence-corrected chi connectivity index (χ3v) is 5.06. The number of nitrogens with one attached hydrogen (secondary N) is 2. The van der Waals surface area contributed by atoms with Crippen LogP contribution in [0.25, 0.3) is 56.1 Å². The third-order valence-electron chi connectivity index (χ3n) is 5.06. The topological polar surface area (TPSA) is 96.0 Å². The molecule has 0 aliphatic carbocycles. The SMILES string of the molecule is c1ccc(-c2cccc3[nH]c(-c4n[nH]c5ccc(-c6ccncc6)nc45)nc23)nc1. The average Bonchev–Trinajstić information content (AvgIpc) is 3.43. The molecule has 30 heavy (non-hydrogen) atoms. The monoisotopic (exact) mass is 389 g/mol. The van der Waals surface area contributed by atoms with Gasteiger partial charge < -0.3 is 4.98 Å². The minimum Gasteiger partial charge on any atom is -0.336 e. The van der Waals surface area contributed by atoms with Gasteiger partial charge in [0.15, 0.2) is 11.5 Å². The summed E-state index contributed by atoms with van der Waals surface area (Å²) in [6.45, 7) is 0. The Morgan fingerprint density at radius 3 is 2.47 bits per heavy atom. The van der Waals surface area contributed by atoms with Crippen LogP contribution in [0.2, 0.25) is 0 Å². The van der Waals surface area contributed by atoms with Crippen LogP contribution >= 0.6 is 0 Å². The van der Waals surface area contributed by atoms with Crippen molar-refractivity contribution in [2.45, 2.75) is 0 Å². The van der Waals surface area contributed by atoms with Crippen LogP contribution < -0.4 is 0 Å². The number of hydrogen-bond donors (Lipinski definition) is 2. The van der Waals surface area contributed by atoms with Crippen molar-refractivity contribution >= 4 is 22.1 Å². The van der Waals surface area contributed by atoms with Crippen molar-refractivity contribution in [2.75, 3.05) is 0 Å². The Labute approximate surface area is 170 Å². The average molecular weight is 389 g/mol. The maximum atomic E-state index is 4.86. The number of H-pyrrole nitrogens is 2. The Hall–Kier alpha value is -4.39. The van der Waals surface area contributed by atoms with E-state index in [1.807, 2.05) is 60.7 Å².